The molecule has 5 heteroatoms. The van der Waals surface area contributed by atoms with Crippen LogP contribution in [-0.2, 0) is 9.84 Å². The maximum absolute atomic E-state index is 10.9. The van der Waals surface area contributed by atoms with Crippen LogP contribution in [0.4, 0.5) is 0 Å². The van der Waals surface area contributed by atoms with E-state index in [2.05, 4.69) is 12.2 Å². The monoisotopic (exact) mass is 271 g/mol. The highest BCUT2D eigenvalue weighted by Crippen LogP contribution is 2.15. The van der Waals surface area contributed by atoms with E-state index in [1.54, 1.807) is 0 Å². The van der Waals surface area contributed by atoms with Crippen molar-refractivity contribution in [3.05, 3.63) is 29.3 Å². The molecule has 0 atom stereocenters. The first kappa shape index (κ1) is 15.0. The lowest BCUT2D eigenvalue weighted by atomic mass is 10.1. The van der Waals surface area contributed by atoms with E-state index in [0.29, 0.717) is 19.7 Å². The topological polar surface area (TPSA) is 55.4 Å². The lowest BCUT2D eigenvalue weighted by molar-refractivity contribution is 0.284. The van der Waals surface area contributed by atoms with Gasteiger partial charge in [-0.1, -0.05) is 6.07 Å². The first-order valence-electron chi connectivity index (χ1n) is 5.97. The van der Waals surface area contributed by atoms with Gasteiger partial charge in [0, 0.05) is 6.26 Å². The number of nitrogens with one attached hydrogen (secondary N) is 1. The Hall–Kier alpha value is -1.07. The standard InChI is InChI=1S/C13H21NO3S/c1-11-5-6-13(9-12(11)2)17-10-14-7-4-8-18(3,15)16/h5-6,9,14H,4,7-8,10H2,1-3H3. The van der Waals surface area contributed by atoms with Gasteiger partial charge in [-0.2, -0.15) is 0 Å². The SMILES string of the molecule is Cc1ccc(OCNCCCS(C)(=O)=O)cc1C. The van der Waals surface area contributed by atoms with Crippen molar-refractivity contribution in [1.29, 1.82) is 0 Å². The molecule has 0 bridgehead atoms. The summed E-state index contributed by atoms with van der Waals surface area (Å²) in [5, 5.41) is 3.05. The van der Waals surface area contributed by atoms with Gasteiger partial charge < -0.3 is 4.74 Å². The Bertz CT molecular complexity index is 483. The van der Waals surface area contributed by atoms with Crippen LogP contribution in [0.3, 0.4) is 0 Å². The van der Waals surface area contributed by atoms with Crippen molar-refractivity contribution in [2.75, 3.05) is 25.3 Å². The van der Waals surface area contributed by atoms with Crippen LogP contribution < -0.4 is 10.1 Å². The van der Waals surface area contributed by atoms with Crippen molar-refractivity contribution < 1.29 is 13.2 Å². The molecule has 0 amide bonds. The van der Waals surface area contributed by atoms with Gasteiger partial charge in [0.15, 0.2) is 0 Å². The predicted octanol–water partition coefficient (Wildman–Crippen LogP) is 1.66. The van der Waals surface area contributed by atoms with E-state index in [4.69, 9.17) is 4.74 Å². The highest BCUT2D eigenvalue weighted by atomic mass is 32.2. The molecule has 4 nitrogen and oxygen atoms in total. The van der Waals surface area contributed by atoms with Crippen molar-refractivity contribution >= 4 is 9.84 Å². The molecule has 102 valence electrons. The van der Waals surface area contributed by atoms with Crippen LogP contribution in [0.2, 0.25) is 0 Å². The molecule has 0 fully saturated rings. The second-order valence-corrected chi connectivity index (χ2v) is 6.78. The number of hydrogen-bond acceptors (Lipinski definition) is 4. The van der Waals surface area contributed by atoms with E-state index in [1.165, 1.54) is 17.4 Å². The zero-order chi connectivity index (χ0) is 13.6. The minimum Gasteiger partial charge on any atom is -0.478 e. The van der Waals surface area contributed by atoms with Gasteiger partial charge in [-0.3, -0.25) is 5.32 Å². The molecule has 0 heterocycles. The maximum Gasteiger partial charge on any atom is 0.147 e. The fourth-order valence-electron chi connectivity index (χ4n) is 1.47. The summed E-state index contributed by atoms with van der Waals surface area (Å²) in [4.78, 5) is 0. The van der Waals surface area contributed by atoms with E-state index in [1.807, 2.05) is 25.1 Å². The van der Waals surface area contributed by atoms with Crippen LogP contribution in [0.25, 0.3) is 0 Å². The Labute approximate surface area is 109 Å². The second-order valence-electron chi connectivity index (χ2n) is 4.52. The molecule has 0 aliphatic rings. The lowest BCUT2D eigenvalue weighted by Crippen LogP contribution is -2.23. The van der Waals surface area contributed by atoms with Gasteiger partial charge in [0.1, 0.15) is 22.3 Å². The van der Waals surface area contributed by atoms with Crippen molar-refractivity contribution in [3.63, 3.8) is 0 Å². The highest BCUT2D eigenvalue weighted by molar-refractivity contribution is 7.90. The number of ether oxygens (including phenoxy) is 1. The summed E-state index contributed by atoms with van der Waals surface area (Å²) in [6, 6.07) is 5.95. The zero-order valence-corrected chi connectivity index (χ0v) is 12.0. The third kappa shape index (κ3) is 6.02. The van der Waals surface area contributed by atoms with Gasteiger partial charge in [-0.05, 0) is 50.1 Å². The first-order chi connectivity index (χ1) is 8.38. The second kappa shape index (κ2) is 6.75. The molecule has 1 aromatic carbocycles. The number of aryl methyl sites for hydroxylation is 2. The molecule has 1 rings (SSSR count). The minimum absolute atomic E-state index is 0.212. The van der Waals surface area contributed by atoms with Crippen molar-refractivity contribution in [3.8, 4) is 5.75 Å². The number of rotatable bonds is 7. The minimum atomic E-state index is -2.85. The molecule has 0 aromatic heterocycles. The number of benzene rings is 1. The molecule has 0 saturated carbocycles. The third-order valence-electron chi connectivity index (χ3n) is 2.69. The summed E-state index contributed by atoms with van der Waals surface area (Å²) in [5.74, 6) is 1.04. The Kier molecular flexibility index (Phi) is 5.62. The Morgan fingerprint density at radius 3 is 2.56 bits per heavy atom. The Balaban J connectivity index is 2.20. The smallest absolute Gasteiger partial charge is 0.147 e. The van der Waals surface area contributed by atoms with Gasteiger partial charge in [0.05, 0.1) is 5.75 Å². The molecule has 1 aromatic rings. The highest BCUT2D eigenvalue weighted by Gasteiger charge is 2.01. The molecule has 0 aliphatic carbocycles. The van der Waals surface area contributed by atoms with E-state index >= 15 is 0 Å². The number of hydrogen-bond donors (Lipinski definition) is 1. The average molecular weight is 271 g/mol. The largest absolute Gasteiger partial charge is 0.478 e. The average Bonchev–Trinajstić information content (AvgIpc) is 2.26. The molecule has 0 aliphatic heterocycles. The van der Waals surface area contributed by atoms with E-state index in [0.717, 1.165) is 5.75 Å². The van der Waals surface area contributed by atoms with Gasteiger partial charge in [0.25, 0.3) is 0 Å². The lowest BCUT2D eigenvalue weighted by Gasteiger charge is -2.09. The molecular weight excluding hydrogens is 250 g/mol. The Morgan fingerprint density at radius 1 is 1.22 bits per heavy atom. The third-order valence-corrected chi connectivity index (χ3v) is 3.72. The molecule has 0 unspecified atom stereocenters. The van der Waals surface area contributed by atoms with Gasteiger partial charge in [0.2, 0.25) is 0 Å². The van der Waals surface area contributed by atoms with Crippen LogP contribution in [0.1, 0.15) is 17.5 Å². The van der Waals surface area contributed by atoms with Crippen molar-refractivity contribution in [1.82, 2.24) is 5.32 Å². The summed E-state index contributed by atoms with van der Waals surface area (Å²) in [6.45, 7) is 5.13. The zero-order valence-electron chi connectivity index (χ0n) is 11.2. The molecule has 0 saturated heterocycles. The van der Waals surface area contributed by atoms with Crippen LogP contribution in [0, 0.1) is 13.8 Å². The first-order valence-corrected chi connectivity index (χ1v) is 8.03. The maximum atomic E-state index is 10.9. The van der Waals surface area contributed by atoms with Crippen LogP contribution in [0.15, 0.2) is 18.2 Å². The molecule has 18 heavy (non-hydrogen) atoms. The summed E-state index contributed by atoms with van der Waals surface area (Å²) >= 11 is 0. The van der Waals surface area contributed by atoms with Crippen LogP contribution in [-0.4, -0.2) is 33.7 Å². The van der Waals surface area contributed by atoms with E-state index in [-0.39, 0.29) is 5.75 Å². The van der Waals surface area contributed by atoms with Gasteiger partial charge in [-0.25, -0.2) is 8.42 Å². The predicted molar refractivity (Wildman–Crippen MR) is 73.7 cm³/mol. The number of sulfone groups is 1. The van der Waals surface area contributed by atoms with E-state index < -0.39 is 9.84 Å². The fraction of sp³-hybridized carbons (Fsp3) is 0.538. The molecule has 0 radical (unpaired) electrons. The summed E-state index contributed by atoms with van der Waals surface area (Å²) < 4.78 is 27.3. The Morgan fingerprint density at radius 2 is 1.94 bits per heavy atom. The van der Waals surface area contributed by atoms with Gasteiger partial charge in [-0.15, -0.1) is 0 Å². The van der Waals surface area contributed by atoms with Crippen LogP contribution >= 0.6 is 0 Å². The van der Waals surface area contributed by atoms with Crippen LogP contribution in [0.5, 0.6) is 5.75 Å². The van der Waals surface area contributed by atoms with Crippen molar-refractivity contribution in [2.24, 2.45) is 0 Å². The molecule has 0 spiro atoms. The quantitative estimate of drug-likeness (QED) is 0.605. The fourth-order valence-corrected chi connectivity index (χ4v) is 2.14. The molecule has 1 N–H and O–H groups in total. The normalized spacial score (nSPS) is 11.5. The summed E-state index contributed by atoms with van der Waals surface area (Å²) in [7, 11) is -2.85. The van der Waals surface area contributed by atoms with E-state index in [9.17, 15) is 8.42 Å². The van der Waals surface area contributed by atoms with Gasteiger partial charge >= 0.3 is 0 Å². The molecular formula is C13H21NO3S. The van der Waals surface area contributed by atoms with Crippen molar-refractivity contribution in [2.45, 2.75) is 20.3 Å². The summed E-state index contributed by atoms with van der Waals surface area (Å²) in [5.41, 5.74) is 2.44. The summed E-state index contributed by atoms with van der Waals surface area (Å²) in [6.07, 6.45) is 1.85.